The van der Waals surface area contributed by atoms with E-state index in [9.17, 15) is 13.2 Å². The van der Waals surface area contributed by atoms with Gasteiger partial charge in [-0.3, -0.25) is 0 Å². The highest BCUT2D eigenvalue weighted by atomic mass is 35.5. The molecule has 0 saturated carbocycles. The van der Waals surface area contributed by atoms with Crippen LogP contribution in [0.3, 0.4) is 0 Å². The van der Waals surface area contributed by atoms with E-state index < -0.39 is 12.1 Å². The SMILES string of the molecule is NC(=NO)c1ccc(Cl)cc1N1CCC(C(F)(F)F)CC1. The summed E-state index contributed by atoms with van der Waals surface area (Å²) in [6.45, 7) is 0.493. The summed E-state index contributed by atoms with van der Waals surface area (Å²) >= 11 is 5.94. The minimum Gasteiger partial charge on any atom is -0.409 e. The number of nitrogens with two attached hydrogens (primary N) is 1. The molecule has 116 valence electrons. The second kappa shape index (κ2) is 6.01. The average Bonchev–Trinajstić information content (AvgIpc) is 2.45. The molecular formula is C13H15ClF3N3O. The number of nitrogens with zero attached hydrogens (tertiary/aromatic N) is 2. The number of hydrogen-bond acceptors (Lipinski definition) is 3. The van der Waals surface area contributed by atoms with Gasteiger partial charge in [0.15, 0.2) is 5.84 Å². The van der Waals surface area contributed by atoms with E-state index in [0.717, 1.165) is 0 Å². The maximum atomic E-state index is 12.7. The van der Waals surface area contributed by atoms with Crippen LogP contribution in [-0.2, 0) is 0 Å². The van der Waals surface area contributed by atoms with Crippen LogP contribution in [0, 0.1) is 5.92 Å². The molecule has 4 nitrogen and oxygen atoms in total. The fourth-order valence-corrected chi connectivity index (χ4v) is 2.65. The smallest absolute Gasteiger partial charge is 0.391 e. The third kappa shape index (κ3) is 3.53. The zero-order valence-corrected chi connectivity index (χ0v) is 11.8. The second-order valence-corrected chi connectivity index (χ2v) is 5.39. The number of hydrogen-bond donors (Lipinski definition) is 2. The topological polar surface area (TPSA) is 61.9 Å². The van der Waals surface area contributed by atoms with Crippen LogP contribution in [0.2, 0.25) is 5.02 Å². The molecular weight excluding hydrogens is 307 g/mol. The fourth-order valence-electron chi connectivity index (χ4n) is 2.48. The highest BCUT2D eigenvalue weighted by Gasteiger charge is 2.41. The first kappa shape index (κ1) is 15.8. The lowest BCUT2D eigenvalue weighted by Gasteiger charge is -2.35. The Morgan fingerprint density at radius 3 is 2.48 bits per heavy atom. The van der Waals surface area contributed by atoms with Crippen LogP contribution in [0.5, 0.6) is 0 Å². The van der Waals surface area contributed by atoms with Crippen molar-refractivity contribution in [3.05, 3.63) is 28.8 Å². The van der Waals surface area contributed by atoms with Crippen LogP contribution in [0.1, 0.15) is 18.4 Å². The number of halogens is 4. The summed E-state index contributed by atoms with van der Waals surface area (Å²) in [5.41, 5.74) is 6.63. The van der Waals surface area contributed by atoms with Crippen molar-refractivity contribution in [2.75, 3.05) is 18.0 Å². The molecule has 1 aliphatic heterocycles. The highest BCUT2D eigenvalue weighted by Crippen LogP contribution is 2.36. The van der Waals surface area contributed by atoms with Crippen LogP contribution in [-0.4, -0.2) is 30.3 Å². The average molecular weight is 322 g/mol. The number of benzene rings is 1. The van der Waals surface area contributed by atoms with Gasteiger partial charge >= 0.3 is 6.18 Å². The van der Waals surface area contributed by atoms with Crippen LogP contribution in [0.25, 0.3) is 0 Å². The minimum absolute atomic E-state index is 0.0195. The molecule has 0 amide bonds. The van der Waals surface area contributed by atoms with E-state index in [-0.39, 0.29) is 31.8 Å². The first-order valence-electron chi connectivity index (χ1n) is 6.42. The van der Waals surface area contributed by atoms with E-state index in [0.29, 0.717) is 16.3 Å². The summed E-state index contributed by atoms with van der Waals surface area (Å²) in [6, 6.07) is 4.78. The maximum Gasteiger partial charge on any atom is 0.391 e. The fraction of sp³-hybridized carbons (Fsp3) is 0.462. The summed E-state index contributed by atoms with van der Waals surface area (Å²) in [7, 11) is 0. The number of amidine groups is 1. The first-order chi connectivity index (χ1) is 9.82. The molecule has 0 bridgehead atoms. The lowest BCUT2D eigenvalue weighted by atomic mass is 9.95. The molecule has 1 aromatic carbocycles. The Morgan fingerprint density at radius 2 is 1.95 bits per heavy atom. The van der Waals surface area contributed by atoms with E-state index in [2.05, 4.69) is 5.16 Å². The van der Waals surface area contributed by atoms with Gasteiger partial charge in [-0.25, -0.2) is 0 Å². The number of rotatable bonds is 2. The van der Waals surface area contributed by atoms with Gasteiger partial charge in [-0.1, -0.05) is 16.8 Å². The number of anilines is 1. The van der Waals surface area contributed by atoms with E-state index in [4.69, 9.17) is 22.5 Å². The summed E-state index contributed by atoms with van der Waals surface area (Å²) in [6.07, 6.45) is -4.12. The standard InChI is InChI=1S/C13H15ClF3N3O/c14-9-1-2-10(12(18)19-21)11(7-9)20-5-3-8(4-6-20)13(15,16)17/h1-2,7-8,21H,3-6H2,(H2,18,19). The Kier molecular flexibility index (Phi) is 4.51. The molecule has 1 saturated heterocycles. The monoisotopic (exact) mass is 321 g/mol. The van der Waals surface area contributed by atoms with Gasteiger partial charge in [-0.2, -0.15) is 13.2 Å². The highest BCUT2D eigenvalue weighted by molar-refractivity contribution is 6.31. The van der Waals surface area contributed by atoms with Crippen molar-refractivity contribution in [3.63, 3.8) is 0 Å². The predicted octanol–water partition coefficient (Wildman–Crippen LogP) is 3.21. The van der Waals surface area contributed by atoms with Crippen LogP contribution in [0.15, 0.2) is 23.4 Å². The summed E-state index contributed by atoms with van der Waals surface area (Å²) in [5.74, 6) is -1.38. The molecule has 0 aliphatic carbocycles. The van der Waals surface area contributed by atoms with Crippen molar-refractivity contribution < 1.29 is 18.4 Å². The first-order valence-corrected chi connectivity index (χ1v) is 6.80. The van der Waals surface area contributed by atoms with Crippen molar-refractivity contribution in [2.24, 2.45) is 16.8 Å². The number of alkyl halides is 3. The van der Waals surface area contributed by atoms with E-state index in [1.807, 2.05) is 0 Å². The molecule has 1 aromatic rings. The van der Waals surface area contributed by atoms with Crippen molar-refractivity contribution >= 4 is 23.1 Å². The Bertz CT molecular complexity index is 540. The van der Waals surface area contributed by atoms with Gasteiger partial charge in [0.1, 0.15) is 0 Å². The number of oxime groups is 1. The lowest BCUT2D eigenvalue weighted by molar-refractivity contribution is -0.179. The maximum absolute atomic E-state index is 12.7. The van der Waals surface area contributed by atoms with Crippen LogP contribution in [0.4, 0.5) is 18.9 Å². The molecule has 8 heteroatoms. The molecule has 3 N–H and O–H groups in total. The molecule has 0 atom stereocenters. The van der Waals surface area contributed by atoms with Crippen LogP contribution >= 0.6 is 11.6 Å². The Morgan fingerprint density at radius 1 is 1.33 bits per heavy atom. The third-order valence-electron chi connectivity index (χ3n) is 3.64. The van der Waals surface area contributed by atoms with E-state index in [1.54, 1.807) is 23.1 Å². The van der Waals surface area contributed by atoms with Crippen molar-refractivity contribution in [1.29, 1.82) is 0 Å². The molecule has 1 heterocycles. The van der Waals surface area contributed by atoms with Gasteiger partial charge in [-0.15, -0.1) is 0 Å². The normalized spacial score (nSPS) is 18.1. The van der Waals surface area contributed by atoms with Gasteiger partial charge in [0, 0.05) is 29.4 Å². The van der Waals surface area contributed by atoms with Gasteiger partial charge in [0.2, 0.25) is 0 Å². The van der Waals surface area contributed by atoms with Gasteiger partial charge < -0.3 is 15.8 Å². The van der Waals surface area contributed by atoms with E-state index in [1.165, 1.54) is 0 Å². The second-order valence-electron chi connectivity index (χ2n) is 4.95. The zero-order chi connectivity index (χ0) is 15.6. The van der Waals surface area contributed by atoms with Gasteiger partial charge in [0.25, 0.3) is 0 Å². The van der Waals surface area contributed by atoms with Crippen molar-refractivity contribution in [1.82, 2.24) is 0 Å². The molecule has 0 aromatic heterocycles. The Balaban J connectivity index is 2.22. The Labute approximate surface area is 125 Å². The molecule has 2 rings (SSSR count). The predicted molar refractivity (Wildman–Crippen MR) is 75.0 cm³/mol. The molecule has 0 spiro atoms. The van der Waals surface area contributed by atoms with Gasteiger partial charge in [-0.05, 0) is 31.0 Å². The molecule has 0 radical (unpaired) electrons. The van der Waals surface area contributed by atoms with E-state index >= 15 is 0 Å². The summed E-state index contributed by atoms with van der Waals surface area (Å²) in [4.78, 5) is 1.78. The summed E-state index contributed by atoms with van der Waals surface area (Å²) < 4.78 is 38.1. The molecule has 1 aliphatic rings. The molecule has 1 fully saturated rings. The van der Waals surface area contributed by atoms with Crippen LogP contribution < -0.4 is 10.6 Å². The quantitative estimate of drug-likeness (QED) is 0.380. The largest absolute Gasteiger partial charge is 0.409 e. The van der Waals surface area contributed by atoms with Crippen molar-refractivity contribution in [2.45, 2.75) is 19.0 Å². The van der Waals surface area contributed by atoms with Gasteiger partial charge in [0.05, 0.1) is 5.92 Å². The Hall–Kier alpha value is -1.63. The number of piperidine rings is 1. The van der Waals surface area contributed by atoms with Crippen molar-refractivity contribution in [3.8, 4) is 0 Å². The molecule has 21 heavy (non-hydrogen) atoms. The summed E-state index contributed by atoms with van der Waals surface area (Å²) in [5, 5.41) is 12.2. The molecule has 0 unspecified atom stereocenters. The minimum atomic E-state index is -4.16. The lowest BCUT2D eigenvalue weighted by Crippen LogP contribution is -2.39. The third-order valence-corrected chi connectivity index (χ3v) is 3.88. The zero-order valence-electron chi connectivity index (χ0n) is 11.1.